The molecule has 0 fully saturated rings. The predicted molar refractivity (Wildman–Crippen MR) is 128 cm³/mol. The Kier molecular flexibility index (Phi) is 8.36. The maximum atomic E-state index is 12.8. The molecule has 3 N–H and O–H groups in total. The van der Waals surface area contributed by atoms with E-state index in [9.17, 15) is 14.4 Å². The SMILES string of the molecule is CCc1ccc(-c2ccc(C(=O)N[C@@H](CCC(=O)O)C(=O)NCc3ccccc3)cc2)cc1. The van der Waals surface area contributed by atoms with Crippen molar-refractivity contribution in [3.8, 4) is 11.1 Å². The van der Waals surface area contributed by atoms with E-state index in [1.165, 1.54) is 5.56 Å². The third kappa shape index (κ3) is 7.04. The summed E-state index contributed by atoms with van der Waals surface area (Å²) >= 11 is 0. The molecule has 0 saturated carbocycles. The summed E-state index contributed by atoms with van der Waals surface area (Å²) in [6.45, 7) is 2.40. The van der Waals surface area contributed by atoms with Gasteiger partial charge in [-0.1, -0.05) is 73.7 Å². The van der Waals surface area contributed by atoms with E-state index >= 15 is 0 Å². The van der Waals surface area contributed by atoms with Crippen molar-refractivity contribution in [2.24, 2.45) is 0 Å². The summed E-state index contributed by atoms with van der Waals surface area (Å²) in [5.41, 5.74) is 4.61. The van der Waals surface area contributed by atoms with Crippen molar-refractivity contribution in [2.75, 3.05) is 0 Å². The van der Waals surface area contributed by atoms with E-state index < -0.39 is 23.8 Å². The van der Waals surface area contributed by atoms with Crippen molar-refractivity contribution in [1.82, 2.24) is 10.6 Å². The summed E-state index contributed by atoms with van der Waals surface area (Å²) in [6, 6.07) is 23.8. The Morgan fingerprint density at radius 2 is 1.42 bits per heavy atom. The van der Waals surface area contributed by atoms with Gasteiger partial charge in [-0.2, -0.15) is 0 Å². The summed E-state index contributed by atoms with van der Waals surface area (Å²) in [4.78, 5) is 36.5. The fourth-order valence-electron chi connectivity index (χ4n) is 3.43. The van der Waals surface area contributed by atoms with E-state index in [1.807, 2.05) is 54.6 Å². The Hall–Kier alpha value is -3.93. The highest BCUT2D eigenvalue weighted by Gasteiger charge is 2.22. The van der Waals surface area contributed by atoms with E-state index in [2.05, 4.69) is 29.7 Å². The number of carbonyl (C=O) groups excluding carboxylic acids is 2. The number of benzene rings is 3. The molecule has 2 amide bonds. The van der Waals surface area contributed by atoms with Crippen molar-refractivity contribution >= 4 is 17.8 Å². The van der Waals surface area contributed by atoms with Crippen LogP contribution in [-0.2, 0) is 22.6 Å². The van der Waals surface area contributed by atoms with E-state index in [-0.39, 0.29) is 12.8 Å². The maximum Gasteiger partial charge on any atom is 0.303 e. The van der Waals surface area contributed by atoms with Gasteiger partial charge in [0.15, 0.2) is 0 Å². The van der Waals surface area contributed by atoms with E-state index in [1.54, 1.807) is 12.1 Å². The second-order valence-electron chi connectivity index (χ2n) is 7.79. The van der Waals surface area contributed by atoms with Crippen LogP contribution >= 0.6 is 0 Å². The van der Waals surface area contributed by atoms with Crippen LogP contribution in [0.15, 0.2) is 78.9 Å². The van der Waals surface area contributed by atoms with Crippen LogP contribution in [0.2, 0.25) is 0 Å². The number of carboxylic acids is 1. The van der Waals surface area contributed by atoms with Crippen LogP contribution in [0.5, 0.6) is 0 Å². The summed E-state index contributed by atoms with van der Waals surface area (Å²) in [5.74, 6) is -1.86. The highest BCUT2D eigenvalue weighted by Crippen LogP contribution is 2.20. The standard InChI is InChI=1S/C27H28N2O4/c1-2-19-8-10-21(11-9-19)22-12-14-23(15-13-22)26(32)29-24(16-17-25(30)31)27(33)28-18-20-6-4-3-5-7-20/h3-15,24H,2,16-18H2,1H3,(H,28,33)(H,29,32)(H,30,31)/t24-/m0/s1. The molecule has 0 aliphatic carbocycles. The van der Waals surface area contributed by atoms with Gasteiger partial charge < -0.3 is 15.7 Å². The van der Waals surface area contributed by atoms with E-state index in [0.717, 1.165) is 23.1 Å². The van der Waals surface area contributed by atoms with Crippen molar-refractivity contribution in [2.45, 2.75) is 38.8 Å². The lowest BCUT2D eigenvalue weighted by Crippen LogP contribution is -2.46. The van der Waals surface area contributed by atoms with Crippen LogP contribution in [0.3, 0.4) is 0 Å². The second kappa shape index (κ2) is 11.6. The first-order chi connectivity index (χ1) is 16.0. The fraction of sp³-hybridized carbons (Fsp3) is 0.222. The summed E-state index contributed by atoms with van der Waals surface area (Å²) < 4.78 is 0. The van der Waals surface area contributed by atoms with E-state index in [4.69, 9.17) is 5.11 Å². The van der Waals surface area contributed by atoms with Crippen LogP contribution in [-0.4, -0.2) is 28.9 Å². The number of carboxylic acid groups (broad SMARTS) is 1. The summed E-state index contributed by atoms with van der Waals surface area (Å²) in [5, 5.41) is 14.5. The number of aryl methyl sites for hydroxylation is 1. The largest absolute Gasteiger partial charge is 0.481 e. The number of carbonyl (C=O) groups is 3. The van der Waals surface area contributed by atoms with Crippen LogP contribution in [0, 0.1) is 0 Å². The van der Waals surface area contributed by atoms with Gasteiger partial charge in [0.25, 0.3) is 5.91 Å². The number of amides is 2. The first-order valence-electron chi connectivity index (χ1n) is 11.0. The average molecular weight is 445 g/mol. The molecule has 0 radical (unpaired) electrons. The average Bonchev–Trinajstić information content (AvgIpc) is 2.85. The van der Waals surface area contributed by atoms with Crippen molar-refractivity contribution < 1.29 is 19.5 Å². The molecule has 6 nitrogen and oxygen atoms in total. The number of hydrogen-bond donors (Lipinski definition) is 3. The summed E-state index contributed by atoms with van der Waals surface area (Å²) in [7, 11) is 0. The molecule has 6 heteroatoms. The van der Waals surface area contributed by atoms with Crippen LogP contribution in [0.1, 0.15) is 41.3 Å². The Balaban J connectivity index is 1.65. The zero-order chi connectivity index (χ0) is 23.6. The van der Waals surface area contributed by atoms with Crippen molar-refractivity contribution in [3.05, 3.63) is 95.6 Å². The maximum absolute atomic E-state index is 12.8. The quantitative estimate of drug-likeness (QED) is 0.437. The number of aliphatic carboxylic acids is 1. The molecule has 0 unspecified atom stereocenters. The monoisotopic (exact) mass is 444 g/mol. The first kappa shape index (κ1) is 23.7. The molecular formula is C27H28N2O4. The van der Waals surface area contributed by atoms with Gasteiger partial charge >= 0.3 is 5.97 Å². The smallest absolute Gasteiger partial charge is 0.303 e. The molecule has 3 aromatic carbocycles. The molecule has 0 aliphatic rings. The van der Waals surface area contributed by atoms with Crippen molar-refractivity contribution in [3.63, 3.8) is 0 Å². The lowest BCUT2D eigenvalue weighted by Gasteiger charge is -2.18. The number of rotatable bonds is 10. The molecule has 3 aromatic rings. The third-order valence-electron chi connectivity index (χ3n) is 5.42. The highest BCUT2D eigenvalue weighted by atomic mass is 16.4. The molecular weight excluding hydrogens is 416 g/mol. The highest BCUT2D eigenvalue weighted by molar-refractivity contribution is 5.98. The zero-order valence-corrected chi connectivity index (χ0v) is 18.6. The van der Waals surface area contributed by atoms with Crippen molar-refractivity contribution in [1.29, 1.82) is 0 Å². The third-order valence-corrected chi connectivity index (χ3v) is 5.42. The molecule has 33 heavy (non-hydrogen) atoms. The van der Waals surface area contributed by atoms with Crippen LogP contribution in [0.25, 0.3) is 11.1 Å². The lowest BCUT2D eigenvalue weighted by molar-refractivity contribution is -0.137. The van der Waals surface area contributed by atoms with Gasteiger partial charge in [-0.25, -0.2) is 0 Å². The minimum atomic E-state index is -1.02. The molecule has 3 rings (SSSR count). The molecule has 170 valence electrons. The molecule has 1 atom stereocenters. The number of hydrogen-bond acceptors (Lipinski definition) is 3. The Morgan fingerprint density at radius 3 is 2.00 bits per heavy atom. The van der Waals surface area contributed by atoms with Crippen LogP contribution in [0.4, 0.5) is 0 Å². The topological polar surface area (TPSA) is 95.5 Å². The minimum absolute atomic E-state index is 0.00353. The van der Waals surface area contributed by atoms with Gasteiger partial charge in [0, 0.05) is 18.5 Å². The molecule has 0 saturated heterocycles. The molecule has 0 spiro atoms. The molecule has 0 aromatic heterocycles. The minimum Gasteiger partial charge on any atom is -0.481 e. The molecule has 0 bridgehead atoms. The van der Waals surface area contributed by atoms with Gasteiger partial charge in [0.2, 0.25) is 5.91 Å². The molecule has 0 aliphatic heterocycles. The van der Waals surface area contributed by atoms with Gasteiger partial charge in [0.05, 0.1) is 0 Å². The van der Waals surface area contributed by atoms with Crippen LogP contribution < -0.4 is 10.6 Å². The Morgan fingerprint density at radius 1 is 0.818 bits per heavy atom. The van der Waals surface area contributed by atoms with Gasteiger partial charge in [0.1, 0.15) is 6.04 Å². The predicted octanol–water partition coefficient (Wildman–Crippen LogP) is 4.20. The molecule has 0 heterocycles. The van der Waals surface area contributed by atoms with Gasteiger partial charge in [-0.3, -0.25) is 14.4 Å². The normalized spacial score (nSPS) is 11.4. The second-order valence-corrected chi connectivity index (χ2v) is 7.79. The van der Waals surface area contributed by atoms with Gasteiger partial charge in [-0.05, 0) is 47.2 Å². The lowest BCUT2D eigenvalue weighted by atomic mass is 10.0. The first-order valence-corrected chi connectivity index (χ1v) is 11.0. The van der Waals surface area contributed by atoms with E-state index in [0.29, 0.717) is 12.1 Å². The Bertz CT molecular complexity index is 1080. The fourth-order valence-corrected chi connectivity index (χ4v) is 3.43. The summed E-state index contributed by atoms with van der Waals surface area (Å²) in [6.07, 6.45) is 0.751. The zero-order valence-electron chi connectivity index (χ0n) is 18.6. The van der Waals surface area contributed by atoms with Gasteiger partial charge in [-0.15, -0.1) is 0 Å². The number of nitrogens with one attached hydrogen (secondary N) is 2. The Labute approximate surface area is 193 Å².